The molecule has 0 saturated heterocycles. The SMILES string of the molecule is CCCCCCCCC1CN(CCCCCCCC)Cc2c[nH]nc21. The number of nitrogens with one attached hydrogen (secondary N) is 1. The summed E-state index contributed by atoms with van der Waals surface area (Å²) in [6.45, 7) is 8.18. The maximum Gasteiger partial charge on any atom is 0.0710 e. The quantitative estimate of drug-likeness (QED) is 0.394. The van der Waals surface area contributed by atoms with Crippen molar-refractivity contribution < 1.29 is 0 Å². The zero-order chi connectivity index (χ0) is 17.7. The van der Waals surface area contributed by atoms with Crippen molar-refractivity contribution in [2.75, 3.05) is 13.1 Å². The Hall–Kier alpha value is -0.830. The molecule has 25 heavy (non-hydrogen) atoms. The van der Waals surface area contributed by atoms with Crippen molar-refractivity contribution in [3.8, 4) is 0 Å². The van der Waals surface area contributed by atoms with Crippen molar-refractivity contribution in [1.82, 2.24) is 15.1 Å². The monoisotopic (exact) mass is 347 g/mol. The van der Waals surface area contributed by atoms with E-state index in [4.69, 9.17) is 0 Å². The van der Waals surface area contributed by atoms with E-state index in [0.29, 0.717) is 5.92 Å². The predicted molar refractivity (Wildman–Crippen MR) is 108 cm³/mol. The van der Waals surface area contributed by atoms with E-state index in [1.54, 1.807) is 0 Å². The third-order valence-electron chi connectivity index (χ3n) is 5.75. The Morgan fingerprint density at radius 1 is 0.920 bits per heavy atom. The first-order chi connectivity index (χ1) is 12.3. The number of rotatable bonds is 14. The fourth-order valence-electron chi connectivity index (χ4n) is 4.19. The van der Waals surface area contributed by atoms with E-state index in [1.165, 1.54) is 108 Å². The molecular formula is C22H41N3. The number of nitrogens with zero attached hydrogens (tertiary/aromatic N) is 2. The van der Waals surface area contributed by atoms with Crippen LogP contribution in [0.4, 0.5) is 0 Å². The standard InChI is InChI=1S/C22H41N3/c1-3-5-7-9-11-13-15-20-18-25(16-14-12-10-8-6-4-2)19-21-17-23-24-22(20)21/h17,20H,3-16,18-19H2,1-2H3,(H,23,24). The lowest BCUT2D eigenvalue weighted by atomic mass is 9.91. The Morgan fingerprint density at radius 2 is 1.56 bits per heavy atom. The Morgan fingerprint density at radius 3 is 2.28 bits per heavy atom. The van der Waals surface area contributed by atoms with E-state index in [-0.39, 0.29) is 0 Å². The minimum absolute atomic E-state index is 0.654. The molecular weight excluding hydrogens is 306 g/mol. The molecule has 1 aliphatic rings. The normalized spacial score (nSPS) is 17.8. The highest BCUT2D eigenvalue weighted by Gasteiger charge is 2.26. The van der Waals surface area contributed by atoms with Gasteiger partial charge in [0.15, 0.2) is 0 Å². The molecule has 0 saturated carbocycles. The average Bonchev–Trinajstić information content (AvgIpc) is 3.09. The first-order valence-electron chi connectivity index (χ1n) is 11.1. The van der Waals surface area contributed by atoms with Gasteiger partial charge in [-0.1, -0.05) is 84.5 Å². The highest BCUT2D eigenvalue weighted by molar-refractivity contribution is 5.23. The Labute approximate surface area is 156 Å². The molecule has 0 radical (unpaired) electrons. The summed E-state index contributed by atoms with van der Waals surface area (Å²) in [5.74, 6) is 0.654. The van der Waals surface area contributed by atoms with Gasteiger partial charge in [-0.3, -0.25) is 10.00 Å². The zero-order valence-corrected chi connectivity index (χ0v) is 16.9. The molecule has 0 fully saturated rings. The molecule has 1 aromatic rings. The second-order valence-corrected chi connectivity index (χ2v) is 8.05. The molecule has 2 heterocycles. The molecule has 2 rings (SSSR count). The number of aromatic nitrogens is 2. The fraction of sp³-hybridized carbons (Fsp3) is 0.864. The van der Waals surface area contributed by atoms with Crippen LogP contribution in [0.3, 0.4) is 0 Å². The summed E-state index contributed by atoms with van der Waals surface area (Å²) in [4.78, 5) is 2.68. The molecule has 1 N–H and O–H groups in total. The van der Waals surface area contributed by atoms with Crippen molar-refractivity contribution in [2.24, 2.45) is 0 Å². The number of hydrogen-bond donors (Lipinski definition) is 1. The minimum Gasteiger partial charge on any atom is -0.298 e. The van der Waals surface area contributed by atoms with Crippen molar-refractivity contribution >= 4 is 0 Å². The van der Waals surface area contributed by atoms with Crippen molar-refractivity contribution in [1.29, 1.82) is 0 Å². The average molecular weight is 348 g/mol. The van der Waals surface area contributed by atoms with Crippen LogP contribution in [0.1, 0.15) is 114 Å². The van der Waals surface area contributed by atoms with Crippen LogP contribution < -0.4 is 0 Å². The van der Waals surface area contributed by atoms with Crippen LogP contribution in [-0.2, 0) is 6.54 Å². The molecule has 1 aliphatic heterocycles. The van der Waals surface area contributed by atoms with Gasteiger partial charge in [-0.25, -0.2) is 0 Å². The third-order valence-corrected chi connectivity index (χ3v) is 5.75. The Kier molecular flexibility index (Phi) is 10.3. The van der Waals surface area contributed by atoms with Gasteiger partial charge < -0.3 is 0 Å². The van der Waals surface area contributed by atoms with Gasteiger partial charge in [0.25, 0.3) is 0 Å². The highest BCUT2D eigenvalue weighted by atomic mass is 15.2. The van der Waals surface area contributed by atoms with Gasteiger partial charge in [0.1, 0.15) is 0 Å². The minimum atomic E-state index is 0.654. The molecule has 0 aliphatic carbocycles. The molecule has 0 spiro atoms. The second kappa shape index (κ2) is 12.5. The zero-order valence-electron chi connectivity index (χ0n) is 16.9. The number of fused-ring (bicyclic) bond motifs is 1. The molecule has 144 valence electrons. The van der Waals surface area contributed by atoms with Crippen LogP contribution in [0.15, 0.2) is 6.20 Å². The summed E-state index contributed by atoms with van der Waals surface area (Å²) >= 11 is 0. The van der Waals surface area contributed by atoms with Gasteiger partial charge in [0.05, 0.1) is 5.69 Å². The van der Waals surface area contributed by atoms with E-state index < -0.39 is 0 Å². The van der Waals surface area contributed by atoms with Gasteiger partial charge in [-0.15, -0.1) is 0 Å². The lowest BCUT2D eigenvalue weighted by Crippen LogP contribution is -2.34. The van der Waals surface area contributed by atoms with E-state index in [9.17, 15) is 0 Å². The summed E-state index contributed by atoms with van der Waals surface area (Å²) in [5.41, 5.74) is 2.82. The van der Waals surface area contributed by atoms with E-state index in [1.807, 2.05) is 0 Å². The number of unbranched alkanes of at least 4 members (excludes halogenated alkanes) is 10. The molecule has 1 aromatic heterocycles. The van der Waals surface area contributed by atoms with E-state index in [0.717, 1.165) is 6.54 Å². The van der Waals surface area contributed by atoms with Crippen molar-refractivity contribution in [3.05, 3.63) is 17.5 Å². The van der Waals surface area contributed by atoms with Crippen LogP contribution in [0.5, 0.6) is 0 Å². The largest absolute Gasteiger partial charge is 0.298 e. The Balaban J connectivity index is 1.68. The summed E-state index contributed by atoms with van der Waals surface area (Å²) < 4.78 is 0. The van der Waals surface area contributed by atoms with Crippen LogP contribution in [-0.4, -0.2) is 28.2 Å². The smallest absolute Gasteiger partial charge is 0.0710 e. The second-order valence-electron chi connectivity index (χ2n) is 8.05. The maximum atomic E-state index is 4.58. The molecule has 0 amide bonds. The molecule has 3 heteroatoms. The first kappa shape index (κ1) is 20.5. The molecule has 1 atom stereocenters. The maximum absolute atomic E-state index is 4.58. The Bertz CT molecular complexity index is 440. The van der Waals surface area contributed by atoms with Gasteiger partial charge in [0, 0.05) is 30.8 Å². The van der Waals surface area contributed by atoms with Crippen LogP contribution >= 0.6 is 0 Å². The molecule has 0 bridgehead atoms. The van der Waals surface area contributed by atoms with Gasteiger partial charge in [-0.2, -0.15) is 5.10 Å². The lowest BCUT2D eigenvalue weighted by molar-refractivity contribution is 0.217. The van der Waals surface area contributed by atoms with E-state index >= 15 is 0 Å². The lowest BCUT2D eigenvalue weighted by Gasteiger charge is -2.32. The summed E-state index contributed by atoms with van der Waals surface area (Å²) in [5, 5.41) is 7.70. The highest BCUT2D eigenvalue weighted by Crippen LogP contribution is 2.30. The van der Waals surface area contributed by atoms with Crippen molar-refractivity contribution in [3.63, 3.8) is 0 Å². The number of hydrogen-bond acceptors (Lipinski definition) is 2. The van der Waals surface area contributed by atoms with E-state index in [2.05, 4.69) is 35.1 Å². The topological polar surface area (TPSA) is 31.9 Å². The number of H-pyrrole nitrogens is 1. The van der Waals surface area contributed by atoms with Gasteiger partial charge >= 0.3 is 0 Å². The van der Waals surface area contributed by atoms with Crippen LogP contribution in [0.2, 0.25) is 0 Å². The summed E-state index contributed by atoms with van der Waals surface area (Å²) in [6, 6.07) is 0. The molecule has 3 nitrogen and oxygen atoms in total. The number of aromatic amines is 1. The van der Waals surface area contributed by atoms with Gasteiger partial charge in [-0.05, 0) is 19.4 Å². The third kappa shape index (κ3) is 7.52. The van der Waals surface area contributed by atoms with Crippen LogP contribution in [0, 0.1) is 0 Å². The summed E-state index contributed by atoms with van der Waals surface area (Å²) in [7, 11) is 0. The van der Waals surface area contributed by atoms with Crippen LogP contribution in [0.25, 0.3) is 0 Å². The molecule has 0 aromatic carbocycles. The van der Waals surface area contributed by atoms with Crippen molar-refractivity contribution in [2.45, 2.75) is 110 Å². The predicted octanol–water partition coefficient (Wildman–Crippen LogP) is 6.42. The van der Waals surface area contributed by atoms with Gasteiger partial charge in [0.2, 0.25) is 0 Å². The fourth-order valence-corrected chi connectivity index (χ4v) is 4.19. The summed E-state index contributed by atoms with van der Waals surface area (Å²) in [6.07, 6.45) is 20.1. The molecule has 1 unspecified atom stereocenters. The first-order valence-corrected chi connectivity index (χ1v) is 11.1.